The fraction of sp³-hybridized carbons (Fsp3) is 0.265. The minimum Gasteiger partial charge on any atom is -0.411 e. The second kappa shape index (κ2) is 26.9. The SMILES string of the molecule is CN(C)c1ccc2c(c1)CCN(c1cccc(-c3cc(Nc4ccc(C(=O)N5CCOCC5)cn4)c(=O)n(C)c3)c1/C=N/O)C2=O.CN(C)c1ccc2c(c1)CCN(c1cccc(-c3cc(Nc4ccc(C(=O)N5CCOCC5)cn4)c(=O)n(C)c3)c1C=O)C2=O. The molecule has 2 fully saturated rings. The number of nitrogens with one attached hydrogen (secondary N) is 2. The zero-order chi connectivity index (χ0) is 64.0. The van der Waals surface area contributed by atoms with Gasteiger partial charge in [-0.15, -0.1) is 0 Å². The van der Waals surface area contributed by atoms with Crippen LogP contribution in [0.5, 0.6) is 0 Å². The number of rotatable bonds is 14. The average molecular weight is 1230 g/mol. The summed E-state index contributed by atoms with van der Waals surface area (Å²) in [6, 6.07) is 32.5. The molecule has 91 heavy (non-hydrogen) atoms. The lowest BCUT2D eigenvalue weighted by Gasteiger charge is -2.31. The number of anilines is 8. The van der Waals surface area contributed by atoms with Crippen LogP contribution in [-0.4, -0.2) is 164 Å². The van der Waals surface area contributed by atoms with E-state index >= 15 is 0 Å². The number of amides is 4. The van der Waals surface area contributed by atoms with Crippen LogP contribution in [0.2, 0.25) is 0 Å². The molecule has 23 heteroatoms. The zero-order valence-corrected chi connectivity index (χ0v) is 51.4. The van der Waals surface area contributed by atoms with Crippen molar-refractivity contribution in [3.8, 4) is 22.3 Å². The fourth-order valence-electron chi connectivity index (χ4n) is 11.6. The van der Waals surface area contributed by atoms with Crippen LogP contribution < -0.4 is 41.4 Å². The number of pyridine rings is 4. The largest absolute Gasteiger partial charge is 0.411 e. The summed E-state index contributed by atoms with van der Waals surface area (Å²) in [5.41, 5.74) is 10.6. The lowest BCUT2D eigenvalue weighted by Crippen LogP contribution is -2.40. The quantitative estimate of drug-likeness (QED) is 0.0413. The van der Waals surface area contributed by atoms with Gasteiger partial charge in [0.15, 0.2) is 6.29 Å². The van der Waals surface area contributed by atoms with Crippen molar-refractivity contribution >= 4 is 81.9 Å². The highest BCUT2D eigenvalue weighted by atomic mass is 16.5. The summed E-state index contributed by atoms with van der Waals surface area (Å²) in [5.74, 6) is 0.250. The summed E-state index contributed by atoms with van der Waals surface area (Å²) in [4.78, 5) is 111. The van der Waals surface area contributed by atoms with Crippen LogP contribution in [0, 0.1) is 0 Å². The molecule has 23 nitrogen and oxygen atoms in total. The lowest BCUT2D eigenvalue weighted by atomic mass is 9.94. The van der Waals surface area contributed by atoms with Crippen molar-refractivity contribution in [1.29, 1.82) is 0 Å². The highest BCUT2D eigenvalue weighted by molar-refractivity contribution is 6.13. The summed E-state index contributed by atoms with van der Waals surface area (Å²) in [6.45, 7) is 5.04. The van der Waals surface area contributed by atoms with E-state index in [-0.39, 0.29) is 46.1 Å². The number of benzene rings is 4. The van der Waals surface area contributed by atoms with E-state index < -0.39 is 0 Å². The smallest absolute Gasteiger partial charge is 0.274 e. The van der Waals surface area contributed by atoms with E-state index in [0.29, 0.717) is 157 Å². The molecule has 8 aromatic rings. The van der Waals surface area contributed by atoms with Gasteiger partial charge in [0, 0.05) is 151 Å². The molecule has 4 aromatic carbocycles. The van der Waals surface area contributed by atoms with Gasteiger partial charge in [-0.05, 0) is 120 Å². The van der Waals surface area contributed by atoms with Crippen molar-refractivity contribution in [3.63, 3.8) is 0 Å². The van der Waals surface area contributed by atoms with Crippen LogP contribution >= 0.6 is 0 Å². The number of hydrogen-bond donors (Lipinski definition) is 3. The van der Waals surface area contributed by atoms with Crippen molar-refractivity contribution in [2.75, 3.05) is 124 Å². The maximum absolute atomic E-state index is 13.7. The normalized spacial score (nSPS) is 14.7. The fourth-order valence-corrected chi connectivity index (χ4v) is 11.6. The van der Waals surface area contributed by atoms with E-state index in [1.807, 2.05) is 92.6 Å². The first kappa shape index (κ1) is 61.9. The number of nitrogens with zero attached hydrogens (tertiary/aromatic N) is 11. The van der Waals surface area contributed by atoms with E-state index in [9.17, 15) is 38.8 Å². The number of oxime groups is 1. The van der Waals surface area contributed by atoms with E-state index in [0.717, 1.165) is 28.8 Å². The highest BCUT2D eigenvalue weighted by Crippen LogP contribution is 2.37. The van der Waals surface area contributed by atoms with Crippen molar-refractivity contribution in [2.45, 2.75) is 12.8 Å². The van der Waals surface area contributed by atoms with Gasteiger partial charge in [-0.1, -0.05) is 29.4 Å². The summed E-state index contributed by atoms with van der Waals surface area (Å²) in [5, 5.41) is 19.2. The predicted molar refractivity (Wildman–Crippen MR) is 350 cm³/mol. The Kier molecular flexibility index (Phi) is 18.3. The van der Waals surface area contributed by atoms with Crippen molar-refractivity contribution in [2.24, 2.45) is 19.3 Å². The number of morpholine rings is 2. The van der Waals surface area contributed by atoms with Crippen LogP contribution in [0.15, 0.2) is 149 Å². The van der Waals surface area contributed by atoms with Crippen molar-refractivity contribution in [3.05, 3.63) is 199 Å². The molecular weight excluding hydrogens is 1160 g/mol. The Morgan fingerprint density at radius 3 is 1.37 bits per heavy atom. The Labute approximate surface area is 525 Å². The molecule has 0 aliphatic carbocycles. The standard InChI is InChI=1S/C34H35N7O5.C34H34N6O5/c1-38(2)25-8-9-27-22(17-25)11-12-41(33(27)43)30-6-4-5-26(28(30)20-36-45)24-18-29(34(44)39(3)21-24)37-31-10-7-23(19-35-31)32(42)40-13-15-46-16-14-40;1-37(2)25-8-9-27-22(17-25)11-12-40(33(27)43)30-6-4-5-26(28(30)21-41)24-18-29(34(44)38(3)20-24)36-31-10-7-23(19-35-31)32(42)39-13-15-45-16-14-39/h4-10,17-21,45H,11-16H2,1-3H3,(H,35,37);4-10,17-21H,11-16H2,1-3H3,(H,35,36)/b36-20+;. The van der Waals surface area contributed by atoms with Crippen molar-refractivity contribution < 1.29 is 38.7 Å². The van der Waals surface area contributed by atoms with Gasteiger partial charge in [-0.3, -0.25) is 33.6 Å². The maximum atomic E-state index is 13.7. The third-order valence-electron chi connectivity index (χ3n) is 16.6. The molecule has 4 aliphatic heterocycles. The molecule has 12 rings (SSSR count). The van der Waals surface area contributed by atoms with Gasteiger partial charge in [0.05, 0.1) is 55.1 Å². The van der Waals surface area contributed by atoms with E-state index in [2.05, 4.69) is 25.8 Å². The number of carbonyl (C=O) groups is 5. The maximum Gasteiger partial charge on any atom is 0.274 e. The summed E-state index contributed by atoms with van der Waals surface area (Å²) in [7, 11) is 11.1. The van der Waals surface area contributed by atoms with Gasteiger partial charge in [-0.2, -0.15) is 0 Å². The Hall–Kier alpha value is -10.8. The number of ether oxygens (including phenoxy) is 2. The number of carbonyl (C=O) groups excluding carboxylic acids is 5. The first-order valence-electron chi connectivity index (χ1n) is 29.7. The third kappa shape index (κ3) is 13.1. The van der Waals surface area contributed by atoms with Crippen LogP contribution in [0.4, 0.5) is 45.8 Å². The Morgan fingerprint density at radius 2 is 0.978 bits per heavy atom. The number of hydrogen-bond acceptors (Lipinski definition) is 17. The summed E-state index contributed by atoms with van der Waals surface area (Å²) < 4.78 is 13.5. The monoisotopic (exact) mass is 1230 g/mol. The minimum absolute atomic E-state index is 0.118. The Bertz CT molecular complexity index is 4270. The summed E-state index contributed by atoms with van der Waals surface area (Å²) >= 11 is 0. The number of fused-ring (bicyclic) bond motifs is 2. The van der Waals surface area contributed by atoms with Crippen molar-refractivity contribution in [1.82, 2.24) is 28.9 Å². The molecule has 4 aromatic heterocycles. The Morgan fingerprint density at radius 1 is 0.549 bits per heavy atom. The first-order chi connectivity index (χ1) is 44.0. The molecule has 0 unspecified atom stereocenters. The van der Waals surface area contributed by atoms with Gasteiger partial charge in [0.2, 0.25) is 0 Å². The first-order valence-corrected chi connectivity index (χ1v) is 29.7. The molecule has 4 aliphatic rings. The molecule has 466 valence electrons. The molecule has 8 heterocycles. The molecule has 0 bridgehead atoms. The van der Waals surface area contributed by atoms with Gasteiger partial charge in [0.1, 0.15) is 23.0 Å². The molecular formula is C68H69N13O10. The topological polar surface area (TPSA) is 250 Å². The second-order valence-corrected chi connectivity index (χ2v) is 22.8. The minimum atomic E-state index is -0.294. The number of aromatic nitrogens is 4. The molecule has 0 atom stereocenters. The number of aldehydes is 1. The second-order valence-electron chi connectivity index (χ2n) is 22.8. The molecule has 0 radical (unpaired) electrons. The molecule has 0 saturated carbocycles. The van der Waals surface area contributed by atoms with Crippen LogP contribution in [0.1, 0.15) is 68.5 Å². The van der Waals surface area contributed by atoms with Crippen LogP contribution in [0.25, 0.3) is 22.3 Å². The molecule has 4 amide bonds. The van der Waals surface area contributed by atoms with E-state index in [4.69, 9.17) is 9.47 Å². The van der Waals surface area contributed by atoms with Gasteiger partial charge in [-0.25, -0.2) is 9.97 Å². The summed E-state index contributed by atoms with van der Waals surface area (Å²) in [6.07, 6.45) is 9.71. The molecule has 3 N–H and O–H groups in total. The number of aryl methyl sites for hydroxylation is 2. The highest BCUT2D eigenvalue weighted by Gasteiger charge is 2.31. The molecule has 0 spiro atoms. The zero-order valence-electron chi connectivity index (χ0n) is 51.4. The van der Waals surface area contributed by atoms with Gasteiger partial charge >= 0.3 is 0 Å². The average Bonchev–Trinajstić information content (AvgIpc) is 0.867. The van der Waals surface area contributed by atoms with E-state index in [1.54, 1.807) is 101 Å². The van der Waals surface area contributed by atoms with Crippen LogP contribution in [0.3, 0.4) is 0 Å². The van der Waals surface area contributed by atoms with Gasteiger partial charge in [0.25, 0.3) is 34.7 Å². The van der Waals surface area contributed by atoms with E-state index in [1.165, 1.54) is 27.7 Å². The van der Waals surface area contributed by atoms with Gasteiger partial charge < -0.3 is 63.8 Å². The van der Waals surface area contributed by atoms with Crippen LogP contribution in [-0.2, 0) is 36.4 Å². The predicted octanol–water partition coefficient (Wildman–Crippen LogP) is 7.49. The lowest BCUT2D eigenvalue weighted by molar-refractivity contribution is 0.0301. The third-order valence-corrected chi connectivity index (χ3v) is 16.6. The Balaban J connectivity index is 0.000000187. The molecule has 2 saturated heterocycles.